The monoisotopic (exact) mass is 329 g/mol. The Kier molecular flexibility index (Phi) is 5.91. The topological polar surface area (TPSA) is 84.3 Å². The molecular formula is C12H16BrN3O3. The zero-order valence-electron chi connectivity index (χ0n) is 10.8. The molecule has 1 aromatic rings. The number of benzene rings is 1. The average Bonchev–Trinajstić information content (AvgIpc) is 2.31. The summed E-state index contributed by atoms with van der Waals surface area (Å²) in [5.41, 5.74) is 0.505. The fourth-order valence-electron chi connectivity index (χ4n) is 1.62. The second-order valence-corrected chi connectivity index (χ2v) is 4.99. The highest BCUT2D eigenvalue weighted by Gasteiger charge is 2.12. The van der Waals surface area contributed by atoms with Crippen LogP contribution < -0.4 is 10.6 Å². The Hall–Kier alpha value is -1.47. The highest BCUT2D eigenvalue weighted by molar-refractivity contribution is 9.10. The van der Waals surface area contributed by atoms with Gasteiger partial charge in [0.15, 0.2) is 0 Å². The molecule has 7 heteroatoms. The van der Waals surface area contributed by atoms with Gasteiger partial charge in [0.25, 0.3) is 5.69 Å². The molecule has 104 valence electrons. The van der Waals surface area contributed by atoms with Crippen LogP contribution in [-0.2, 0) is 4.79 Å². The molecule has 0 radical (unpaired) electrons. The lowest BCUT2D eigenvalue weighted by molar-refractivity contribution is -0.384. The van der Waals surface area contributed by atoms with Crippen molar-refractivity contribution in [3.8, 4) is 0 Å². The van der Waals surface area contributed by atoms with Crippen LogP contribution in [0.25, 0.3) is 0 Å². The number of nitro benzene ring substituents is 1. The molecule has 1 amide bonds. The van der Waals surface area contributed by atoms with Gasteiger partial charge in [-0.2, -0.15) is 0 Å². The molecule has 1 aromatic carbocycles. The Balaban J connectivity index is 2.67. The Morgan fingerprint density at radius 2 is 2.21 bits per heavy atom. The van der Waals surface area contributed by atoms with Gasteiger partial charge in [0.2, 0.25) is 5.91 Å². The molecule has 6 nitrogen and oxygen atoms in total. The highest BCUT2D eigenvalue weighted by atomic mass is 79.9. The predicted octanol–water partition coefficient (Wildman–Crippen LogP) is 2.68. The van der Waals surface area contributed by atoms with E-state index < -0.39 is 4.92 Å². The lowest BCUT2D eigenvalue weighted by Gasteiger charge is -2.12. The van der Waals surface area contributed by atoms with Crippen molar-refractivity contribution in [3.63, 3.8) is 0 Å². The number of anilines is 1. The summed E-state index contributed by atoms with van der Waals surface area (Å²) in [5, 5.41) is 16.4. The molecule has 0 saturated heterocycles. The van der Waals surface area contributed by atoms with Crippen LogP contribution in [-0.4, -0.2) is 23.4 Å². The third-order valence-electron chi connectivity index (χ3n) is 2.48. The zero-order chi connectivity index (χ0) is 14.4. The molecule has 0 bridgehead atoms. The minimum atomic E-state index is -0.483. The second-order valence-electron chi connectivity index (χ2n) is 4.13. The van der Waals surface area contributed by atoms with Gasteiger partial charge in [-0.15, -0.1) is 0 Å². The summed E-state index contributed by atoms with van der Waals surface area (Å²) in [7, 11) is 0. The highest BCUT2D eigenvalue weighted by Crippen LogP contribution is 2.27. The first-order valence-corrected chi connectivity index (χ1v) is 6.70. The number of nitrogens with one attached hydrogen (secondary N) is 2. The Morgan fingerprint density at radius 1 is 1.53 bits per heavy atom. The number of amides is 1. The Labute approximate surface area is 119 Å². The molecule has 0 aromatic heterocycles. The van der Waals surface area contributed by atoms with Gasteiger partial charge in [0.05, 0.1) is 10.6 Å². The number of nitro groups is 1. The van der Waals surface area contributed by atoms with E-state index in [1.165, 1.54) is 18.2 Å². The van der Waals surface area contributed by atoms with Crippen LogP contribution >= 0.6 is 15.9 Å². The van der Waals surface area contributed by atoms with Crippen molar-refractivity contribution in [1.82, 2.24) is 5.32 Å². The van der Waals surface area contributed by atoms with Gasteiger partial charge in [0.1, 0.15) is 0 Å². The molecule has 0 aliphatic carbocycles. The van der Waals surface area contributed by atoms with E-state index in [1.54, 1.807) is 0 Å². The van der Waals surface area contributed by atoms with Crippen molar-refractivity contribution >= 4 is 33.2 Å². The molecule has 0 spiro atoms. The zero-order valence-corrected chi connectivity index (χ0v) is 12.4. The number of halogens is 1. The molecule has 0 fully saturated rings. The van der Waals surface area contributed by atoms with Gasteiger partial charge in [-0.25, -0.2) is 0 Å². The first kappa shape index (κ1) is 15.6. The minimum Gasteiger partial charge on any atom is -0.325 e. The molecule has 1 rings (SSSR count). The smallest absolute Gasteiger partial charge is 0.270 e. The van der Waals surface area contributed by atoms with Gasteiger partial charge in [-0.05, 0) is 35.5 Å². The summed E-state index contributed by atoms with van der Waals surface area (Å²) in [5.74, 6) is -0.136. The SMILES string of the molecule is CCNC(C)CC(=O)Nc1ccc([N+](=O)[O-])cc1Br. The lowest BCUT2D eigenvalue weighted by atomic mass is 10.2. The largest absolute Gasteiger partial charge is 0.325 e. The molecule has 2 N–H and O–H groups in total. The third-order valence-corrected chi connectivity index (χ3v) is 3.14. The number of rotatable bonds is 6. The first-order chi connectivity index (χ1) is 8.93. The summed E-state index contributed by atoms with van der Waals surface area (Å²) >= 11 is 3.21. The maximum atomic E-state index is 11.8. The standard InChI is InChI=1S/C12H16BrN3O3/c1-3-14-8(2)6-12(17)15-11-5-4-9(16(18)19)7-10(11)13/h4-5,7-8,14H,3,6H2,1-2H3,(H,15,17). The van der Waals surface area contributed by atoms with Gasteiger partial charge in [-0.3, -0.25) is 14.9 Å². The van der Waals surface area contributed by atoms with E-state index in [4.69, 9.17) is 0 Å². The van der Waals surface area contributed by atoms with Crippen LogP contribution in [0.15, 0.2) is 22.7 Å². The molecule has 0 saturated carbocycles. The van der Waals surface area contributed by atoms with Crippen molar-refractivity contribution < 1.29 is 9.72 Å². The number of non-ortho nitro benzene ring substituents is 1. The van der Waals surface area contributed by atoms with Crippen LogP contribution in [0.3, 0.4) is 0 Å². The number of hydrogen-bond acceptors (Lipinski definition) is 4. The number of carbonyl (C=O) groups excluding carboxylic acids is 1. The van der Waals surface area contributed by atoms with Gasteiger partial charge in [-0.1, -0.05) is 6.92 Å². The molecule has 0 aliphatic heterocycles. The van der Waals surface area contributed by atoms with E-state index in [1.807, 2.05) is 13.8 Å². The van der Waals surface area contributed by atoms with Crippen LogP contribution in [0.1, 0.15) is 20.3 Å². The fraction of sp³-hybridized carbons (Fsp3) is 0.417. The van der Waals surface area contributed by atoms with Crippen molar-refractivity contribution in [2.75, 3.05) is 11.9 Å². The lowest BCUT2D eigenvalue weighted by Crippen LogP contribution is -2.30. The average molecular weight is 330 g/mol. The molecule has 19 heavy (non-hydrogen) atoms. The van der Waals surface area contributed by atoms with Crippen molar-refractivity contribution in [1.29, 1.82) is 0 Å². The second kappa shape index (κ2) is 7.20. The van der Waals surface area contributed by atoms with E-state index in [0.29, 0.717) is 16.6 Å². The summed E-state index contributed by atoms with van der Waals surface area (Å²) in [6.07, 6.45) is 0.345. The van der Waals surface area contributed by atoms with Crippen LogP contribution in [0.5, 0.6) is 0 Å². The fourth-order valence-corrected chi connectivity index (χ4v) is 2.08. The third kappa shape index (κ3) is 4.96. The van der Waals surface area contributed by atoms with E-state index in [0.717, 1.165) is 6.54 Å². The summed E-state index contributed by atoms with van der Waals surface area (Å²) < 4.78 is 0.492. The van der Waals surface area contributed by atoms with E-state index in [2.05, 4.69) is 26.6 Å². The maximum absolute atomic E-state index is 11.8. The number of carbonyl (C=O) groups is 1. The summed E-state index contributed by atoms with van der Waals surface area (Å²) in [6.45, 7) is 4.70. The van der Waals surface area contributed by atoms with E-state index >= 15 is 0 Å². The molecule has 1 atom stereocenters. The number of hydrogen-bond donors (Lipinski definition) is 2. The van der Waals surface area contributed by atoms with E-state index in [9.17, 15) is 14.9 Å². The van der Waals surface area contributed by atoms with Crippen molar-refractivity contribution in [2.45, 2.75) is 26.3 Å². The minimum absolute atomic E-state index is 0.0223. The van der Waals surface area contributed by atoms with E-state index in [-0.39, 0.29) is 17.6 Å². The Bertz CT molecular complexity index is 479. The molecule has 0 aliphatic rings. The maximum Gasteiger partial charge on any atom is 0.270 e. The van der Waals surface area contributed by atoms with Crippen molar-refractivity contribution in [3.05, 3.63) is 32.8 Å². The molecule has 1 unspecified atom stereocenters. The van der Waals surface area contributed by atoms with Gasteiger partial charge >= 0.3 is 0 Å². The summed E-state index contributed by atoms with van der Waals surface area (Å²) in [4.78, 5) is 21.9. The predicted molar refractivity (Wildman–Crippen MR) is 77.2 cm³/mol. The normalized spacial score (nSPS) is 11.9. The van der Waals surface area contributed by atoms with Crippen LogP contribution in [0.2, 0.25) is 0 Å². The van der Waals surface area contributed by atoms with Crippen LogP contribution in [0.4, 0.5) is 11.4 Å². The first-order valence-electron chi connectivity index (χ1n) is 5.91. The quantitative estimate of drug-likeness (QED) is 0.620. The number of nitrogens with zero attached hydrogens (tertiary/aromatic N) is 1. The van der Waals surface area contributed by atoms with Crippen molar-refractivity contribution in [2.24, 2.45) is 0 Å². The van der Waals surface area contributed by atoms with Crippen LogP contribution in [0, 0.1) is 10.1 Å². The van der Waals surface area contributed by atoms with Gasteiger partial charge < -0.3 is 10.6 Å². The van der Waals surface area contributed by atoms with Gasteiger partial charge in [0, 0.05) is 29.1 Å². The molecule has 0 heterocycles. The Morgan fingerprint density at radius 3 is 2.74 bits per heavy atom. The summed E-state index contributed by atoms with van der Waals surface area (Å²) in [6, 6.07) is 4.32. The molecular weight excluding hydrogens is 314 g/mol.